The van der Waals surface area contributed by atoms with Crippen LogP contribution in [0.2, 0.25) is 0 Å². The van der Waals surface area contributed by atoms with Crippen molar-refractivity contribution in [1.29, 1.82) is 0 Å². The smallest absolute Gasteiger partial charge is 0.418 e. The molecule has 39 heavy (non-hydrogen) atoms. The zero-order valence-electron chi connectivity index (χ0n) is 19.7. The lowest BCUT2D eigenvalue weighted by Crippen LogP contribution is -2.27. The van der Waals surface area contributed by atoms with Gasteiger partial charge in [-0.25, -0.2) is 24.2 Å². The Bertz CT molecular complexity index is 1430. The number of esters is 1. The van der Waals surface area contributed by atoms with Crippen molar-refractivity contribution in [2.45, 2.75) is 6.18 Å². The third kappa shape index (κ3) is 6.71. The van der Waals surface area contributed by atoms with Crippen molar-refractivity contribution in [3.8, 4) is 11.5 Å². The maximum Gasteiger partial charge on any atom is 0.418 e. The Hall–Kier alpha value is -5.34. The van der Waals surface area contributed by atoms with Gasteiger partial charge in [-0.15, -0.1) is 0 Å². The normalized spacial score (nSPS) is 12.9. The van der Waals surface area contributed by atoms with Crippen molar-refractivity contribution >= 4 is 41.2 Å². The van der Waals surface area contributed by atoms with Gasteiger partial charge in [0, 0.05) is 23.6 Å². The molecular weight excluding hydrogens is 527 g/mol. The van der Waals surface area contributed by atoms with E-state index in [0.717, 1.165) is 17.0 Å². The molecule has 202 valence electrons. The highest BCUT2D eigenvalue weighted by Crippen LogP contribution is 2.39. The Morgan fingerprint density at radius 2 is 1.67 bits per heavy atom. The second-order valence-corrected chi connectivity index (χ2v) is 7.79. The summed E-state index contributed by atoms with van der Waals surface area (Å²) >= 11 is 0. The molecule has 2 aromatic carbocycles. The molecule has 1 aromatic heterocycles. The first-order valence-electron chi connectivity index (χ1n) is 11.0. The zero-order valence-corrected chi connectivity index (χ0v) is 19.7. The number of pyridine rings is 1. The van der Waals surface area contributed by atoms with E-state index >= 15 is 0 Å². The number of amides is 4. The van der Waals surface area contributed by atoms with Gasteiger partial charge in [0.1, 0.15) is 18.1 Å². The van der Waals surface area contributed by atoms with Crippen LogP contribution in [0.4, 0.5) is 44.6 Å². The van der Waals surface area contributed by atoms with Gasteiger partial charge in [-0.3, -0.25) is 4.90 Å². The number of ether oxygens (including phenoxy) is 3. The van der Waals surface area contributed by atoms with E-state index in [1.807, 2.05) is 0 Å². The molecule has 0 atom stereocenters. The molecule has 0 aliphatic carbocycles. The predicted molar refractivity (Wildman–Crippen MR) is 129 cm³/mol. The largest absolute Gasteiger partial charge is 0.457 e. The minimum Gasteiger partial charge on any atom is -0.457 e. The van der Waals surface area contributed by atoms with E-state index in [2.05, 4.69) is 20.4 Å². The number of benzene rings is 2. The number of urea groups is 1. The Morgan fingerprint density at radius 3 is 2.31 bits per heavy atom. The van der Waals surface area contributed by atoms with Crippen LogP contribution in [0, 0.1) is 0 Å². The molecule has 1 aliphatic rings. The van der Waals surface area contributed by atoms with Gasteiger partial charge in [0.25, 0.3) is 0 Å². The third-order valence-electron chi connectivity index (χ3n) is 5.09. The van der Waals surface area contributed by atoms with Crippen molar-refractivity contribution in [2.75, 3.05) is 28.7 Å². The Balaban J connectivity index is 1.40. The number of cyclic esters (lactones) is 1. The first-order valence-corrected chi connectivity index (χ1v) is 11.0. The average molecular weight is 545 g/mol. The molecule has 1 aliphatic heterocycles. The maximum atomic E-state index is 13.6. The fourth-order valence-corrected chi connectivity index (χ4v) is 3.45. The van der Waals surface area contributed by atoms with E-state index in [4.69, 9.17) is 15.2 Å². The molecule has 0 saturated carbocycles. The monoisotopic (exact) mass is 545 g/mol. The summed E-state index contributed by atoms with van der Waals surface area (Å²) < 4.78 is 55.5. The second-order valence-electron chi connectivity index (χ2n) is 7.79. The molecule has 0 radical (unpaired) electrons. The number of anilines is 3. The van der Waals surface area contributed by atoms with Crippen LogP contribution in [0.15, 0.2) is 60.8 Å². The number of halogens is 3. The van der Waals surface area contributed by atoms with Gasteiger partial charge in [0.2, 0.25) is 0 Å². The second kappa shape index (κ2) is 11.0. The van der Waals surface area contributed by atoms with E-state index in [1.54, 1.807) is 0 Å². The summed E-state index contributed by atoms with van der Waals surface area (Å²) in [6, 6.07) is 10.7. The number of rotatable bonds is 6. The van der Waals surface area contributed by atoms with Crippen LogP contribution in [-0.4, -0.2) is 42.3 Å². The van der Waals surface area contributed by atoms with Gasteiger partial charge in [0.05, 0.1) is 17.8 Å². The van der Waals surface area contributed by atoms with Gasteiger partial charge in [-0.1, -0.05) is 0 Å². The summed E-state index contributed by atoms with van der Waals surface area (Å²) in [5, 5.41) is 4.79. The minimum absolute atomic E-state index is 0.0287. The zero-order chi connectivity index (χ0) is 28.2. The predicted octanol–water partition coefficient (Wildman–Crippen LogP) is 4.73. The molecule has 4 N–H and O–H groups in total. The summed E-state index contributed by atoms with van der Waals surface area (Å²) in [5.74, 6) is -0.577. The molecule has 15 heteroatoms. The van der Waals surface area contributed by atoms with Crippen LogP contribution in [0.25, 0.3) is 0 Å². The molecule has 1 fully saturated rings. The van der Waals surface area contributed by atoms with Crippen molar-refractivity contribution in [3.05, 3.63) is 72.1 Å². The molecule has 0 bridgehead atoms. The van der Waals surface area contributed by atoms with Crippen LogP contribution in [0.3, 0.4) is 0 Å². The number of carbonyl (C=O) groups excluding carboxylic acids is 4. The molecule has 4 amide bonds. The number of hydrogen-bond donors (Lipinski definition) is 3. The number of nitrogens with zero attached hydrogens (tertiary/aromatic N) is 2. The first-order chi connectivity index (χ1) is 18.5. The number of hydrogen-bond acceptors (Lipinski definition) is 8. The lowest BCUT2D eigenvalue weighted by Gasteiger charge is -2.20. The van der Waals surface area contributed by atoms with Crippen molar-refractivity contribution in [2.24, 2.45) is 5.73 Å². The van der Waals surface area contributed by atoms with Crippen LogP contribution in [0.5, 0.6) is 11.5 Å². The molecule has 0 spiro atoms. The quantitative estimate of drug-likeness (QED) is 0.296. The summed E-state index contributed by atoms with van der Waals surface area (Å²) in [5.41, 5.74) is 3.23. The Kier molecular flexibility index (Phi) is 7.51. The van der Waals surface area contributed by atoms with Crippen LogP contribution in [0.1, 0.15) is 16.1 Å². The number of carbonyl (C=O) groups is 4. The standard InChI is InChI=1S/C24H18F3N5O7/c25-24(26,27)17-11-14(3-6-19(17)32-9-10-37-23(32)36)31-22(35)30-13-1-4-15(5-2-13)38-16-7-8-29-18(12-16)20(33)39-21(28)34/h1-8,11-12H,9-10H2,(H2,28,34)(H2,30,31,35). The fraction of sp³-hybridized carbons (Fsp3) is 0.125. The van der Waals surface area contributed by atoms with Crippen molar-refractivity contribution in [1.82, 2.24) is 4.98 Å². The van der Waals surface area contributed by atoms with E-state index in [0.29, 0.717) is 5.75 Å². The highest BCUT2D eigenvalue weighted by Gasteiger charge is 2.38. The number of nitrogens with two attached hydrogens (primary N) is 1. The third-order valence-corrected chi connectivity index (χ3v) is 5.09. The van der Waals surface area contributed by atoms with E-state index in [9.17, 15) is 32.3 Å². The fourth-order valence-electron chi connectivity index (χ4n) is 3.45. The molecule has 4 rings (SSSR count). The van der Waals surface area contributed by atoms with Crippen LogP contribution in [-0.2, 0) is 15.7 Å². The maximum absolute atomic E-state index is 13.6. The topological polar surface area (TPSA) is 162 Å². The Morgan fingerprint density at radius 1 is 0.974 bits per heavy atom. The lowest BCUT2D eigenvalue weighted by molar-refractivity contribution is -0.137. The van der Waals surface area contributed by atoms with E-state index in [1.165, 1.54) is 48.7 Å². The SMILES string of the molecule is NC(=O)OC(=O)c1cc(Oc2ccc(NC(=O)Nc3ccc(N4CCOC4=O)c(C(F)(F)F)c3)cc2)ccn1. The average Bonchev–Trinajstić information content (AvgIpc) is 3.30. The van der Waals surface area contributed by atoms with Gasteiger partial charge in [-0.05, 0) is 48.5 Å². The highest BCUT2D eigenvalue weighted by molar-refractivity contribution is 6.00. The van der Waals surface area contributed by atoms with Gasteiger partial charge < -0.3 is 30.6 Å². The van der Waals surface area contributed by atoms with E-state index < -0.39 is 35.9 Å². The minimum atomic E-state index is -4.79. The molecule has 3 aromatic rings. The van der Waals surface area contributed by atoms with Gasteiger partial charge in [0.15, 0.2) is 5.69 Å². The van der Waals surface area contributed by atoms with Crippen molar-refractivity contribution in [3.63, 3.8) is 0 Å². The summed E-state index contributed by atoms with van der Waals surface area (Å²) in [6.45, 7) is -0.0589. The molecular formula is C24H18F3N5O7. The summed E-state index contributed by atoms with van der Waals surface area (Å²) in [6.07, 6.45) is -5.71. The molecule has 0 unspecified atom stereocenters. The molecule has 2 heterocycles. The first kappa shape index (κ1) is 26.7. The van der Waals surface area contributed by atoms with E-state index in [-0.39, 0.29) is 41.7 Å². The number of aromatic nitrogens is 1. The molecule has 1 saturated heterocycles. The molecule has 12 nitrogen and oxygen atoms in total. The summed E-state index contributed by atoms with van der Waals surface area (Å²) in [4.78, 5) is 51.2. The lowest BCUT2D eigenvalue weighted by atomic mass is 10.1. The number of alkyl halides is 3. The Labute approximate surface area is 217 Å². The highest BCUT2D eigenvalue weighted by atomic mass is 19.4. The number of primary amides is 1. The van der Waals surface area contributed by atoms with Gasteiger partial charge in [-0.2, -0.15) is 13.2 Å². The van der Waals surface area contributed by atoms with Gasteiger partial charge >= 0.3 is 30.4 Å². The van der Waals surface area contributed by atoms with Crippen LogP contribution < -0.4 is 26.0 Å². The number of nitrogens with one attached hydrogen (secondary N) is 2. The summed E-state index contributed by atoms with van der Waals surface area (Å²) in [7, 11) is 0. The van der Waals surface area contributed by atoms with Crippen molar-refractivity contribution < 1.29 is 46.6 Å². The van der Waals surface area contributed by atoms with Crippen LogP contribution >= 0.6 is 0 Å².